The molecule has 148 valence electrons. The topological polar surface area (TPSA) is 107 Å². The third-order valence-electron chi connectivity index (χ3n) is 3.62. The molecular weight excluding hydrogens is 466 g/mol. The van der Waals surface area contributed by atoms with Gasteiger partial charge in [0.2, 0.25) is 0 Å². The lowest BCUT2D eigenvalue weighted by Gasteiger charge is -2.06. The van der Waals surface area contributed by atoms with E-state index in [1.54, 1.807) is 24.3 Å². The van der Waals surface area contributed by atoms with Gasteiger partial charge >= 0.3 is 0 Å². The van der Waals surface area contributed by atoms with E-state index < -0.39 is 10.8 Å². The first-order chi connectivity index (χ1) is 13.9. The van der Waals surface area contributed by atoms with Gasteiger partial charge in [-0.05, 0) is 58.4 Å². The number of nitrogens with one attached hydrogen (secondary N) is 1. The Kier molecular flexibility index (Phi) is 6.63. The van der Waals surface area contributed by atoms with Crippen LogP contribution in [0.4, 0.5) is 5.69 Å². The van der Waals surface area contributed by atoms with Gasteiger partial charge in [-0.25, -0.2) is 5.43 Å². The minimum atomic E-state index is -0.525. The number of nitrogens with zero attached hydrogens (tertiary/aromatic N) is 2. The number of hydrogen-bond acceptors (Lipinski definition) is 6. The summed E-state index contributed by atoms with van der Waals surface area (Å²) in [4.78, 5) is 22.0. The van der Waals surface area contributed by atoms with Crippen LogP contribution in [0.2, 0.25) is 5.02 Å². The van der Waals surface area contributed by atoms with Crippen molar-refractivity contribution < 1.29 is 18.9 Å². The van der Waals surface area contributed by atoms with Gasteiger partial charge in [-0.2, -0.15) is 5.10 Å². The Labute approximate surface area is 178 Å². The summed E-state index contributed by atoms with van der Waals surface area (Å²) in [7, 11) is 0. The fourth-order valence-electron chi connectivity index (χ4n) is 2.26. The lowest BCUT2D eigenvalue weighted by atomic mass is 10.2. The van der Waals surface area contributed by atoms with E-state index >= 15 is 0 Å². The van der Waals surface area contributed by atoms with Crippen molar-refractivity contribution in [2.24, 2.45) is 5.10 Å². The van der Waals surface area contributed by atoms with Crippen molar-refractivity contribution in [3.05, 3.63) is 80.0 Å². The number of nitro groups is 1. The highest BCUT2D eigenvalue weighted by atomic mass is 79.9. The summed E-state index contributed by atoms with van der Waals surface area (Å²) in [5.74, 6) is 0.888. The molecule has 0 aliphatic rings. The number of ether oxygens (including phenoxy) is 1. The zero-order valence-electron chi connectivity index (χ0n) is 14.7. The van der Waals surface area contributed by atoms with Gasteiger partial charge in [0.05, 0.1) is 15.6 Å². The molecule has 2 aromatic carbocycles. The van der Waals surface area contributed by atoms with Crippen LogP contribution in [-0.4, -0.2) is 23.7 Å². The molecule has 0 spiro atoms. The van der Waals surface area contributed by atoms with Gasteiger partial charge in [0, 0.05) is 22.7 Å². The number of benzene rings is 2. The van der Waals surface area contributed by atoms with Crippen molar-refractivity contribution in [3.63, 3.8) is 0 Å². The molecule has 0 aliphatic carbocycles. The fourth-order valence-corrected chi connectivity index (χ4v) is 2.86. The standard InChI is InChI=1S/C19H13BrClN3O5/c20-16-9-14(24(26)27)5-7-18(16)28-11-19(25)23-22-10-15-6-8-17(29-15)12-1-3-13(21)4-2-12/h1-10H,11H2,(H,23,25)/b22-10+. The van der Waals surface area contributed by atoms with Gasteiger partial charge in [0.1, 0.15) is 17.3 Å². The molecule has 0 radical (unpaired) electrons. The lowest BCUT2D eigenvalue weighted by Crippen LogP contribution is -2.24. The molecule has 0 saturated carbocycles. The SMILES string of the molecule is O=C(COc1ccc([N+](=O)[O-])cc1Br)N/N=C/c1ccc(-c2ccc(Cl)cc2)o1. The Morgan fingerprint density at radius 3 is 2.69 bits per heavy atom. The molecule has 1 aromatic heterocycles. The molecular formula is C19H13BrClN3O5. The van der Waals surface area contributed by atoms with Crippen LogP contribution in [0.3, 0.4) is 0 Å². The maximum Gasteiger partial charge on any atom is 0.277 e. The van der Waals surface area contributed by atoms with Gasteiger partial charge in [-0.3, -0.25) is 14.9 Å². The average molecular weight is 479 g/mol. The van der Waals surface area contributed by atoms with Crippen LogP contribution >= 0.6 is 27.5 Å². The number of carbonyl (C=O) groups is 1. The number of carbonyl (C=O) groups excluding carboxylic acids is 1. The van der Waals surface area contributed by atoms with Gasteiger partial charge in [-0.15, -0.1) is 0 Å². The molecule has 0 bridgehead atoms. The molecule has 10 heteroatoms. The number of nitro benzene ring substituents is 1. The molecule has 0 fully saturated rings. The summed E-state index contributed by atoms with van der Waals surface area (Å²) >= 11 is 9.03. The van der Waals surface area contributed by atoms with Crippen LogP contribution in [-0.2, 0) is 4.79 Å². The first-order valence-electron chi connectivity index (χ1n) is 8.17. The van der Waals surface area contributed by atoms with Gasteiger partial charge in [0.25, 0.3) is 11.6 Å². The van der Waals surface area contributed by atoms with E-state index in [4.69, 9.17) is 20.8 Å². The lowest BCUT2D eigenvalue weighted by molar-refractivity contribution is -0.384. The van der Waals surface area contributed by atoms with Gasteiger partial charge in [0.15, 0.2) is 6.61 Å². The van der Waals surface area contributed by atoms with E-state index in [0.717, 1.165) is 5.56 Å². The predicted octanol–water partition coefficient (Wildman–Crippen LogP) is 4.80. The van der Waals surface area contributed by atoms with Crippen molar-refractivity contribution in [1.29, 1.82) is 0 Å². The smallest absolute Gasteiger partial charge is 0.277 e. The second kappa shape index (κ2) is 9.35. The first kappa shape index (κ1) is 20.6. The van der Waals surface area contributed by atoms with Crippen molar-refractivity contribution in [3.8, 4) is 17.1 Å². The number of furan rings is 1. The van der Waals surface area contributed by atoms with E-state index in [9.17, 15) is 14.9 Å². The third kappa shape index (κ3) is 5.66. The quantitative estimate of drug-likeness (QED) is 0.298. The largest absolute Gasteiger partial charge is 0.483 e. The van der Waals surface area contributed by atoms with Gasteiger partial charge in [-0.1, -0.05) is 11.6 Å². The van der Waals surface area contributed by atoms with Crippen LogP contribution < -0.4 is 10.2 Å². The fraction of sp³-hybridized carbons (Fsp3) is 0.0526. The van der Waals surface area contributed by atoms with Crippen molar-refractivity contribution in [2.75, 3.05) is 6.61 Å². The molecule has 29 heavy (non-hydrogen) atoms. The molecule has 1 amide bonds. The molecule has 3 rings (SSSR count). The van der Waals surface area contributed by atoms with Crippen LogP contribution in [0.1, 0.15) is 5.76 Å². The Balaban J connectivity index is 1.51. The molecule has 0 saturated heterocycles. The van der Waals surface area contributed by atoms with E-state index in [1.807, 2.05) is 12.1 Å². The highest BCUT2D eigenvalue weighted by molar-refractivity contribution is 9.10. The van der Waals surface area contributed by atoms with Crippen LogP contribution in [0.15, 0.2) is 68.6 Å². The van der Waals surface area contributed by atoms with Crippen molar-refractivity contribution in [1.82, 2.24) is 5.43 Å². The first-order valence-corrected chi connectivity index (χ1v) is 9.34. The summed E-state index contributed by atoms with van der Waals surface area (Å²) in [6, 6.07) is 14.7. The Bertz CT molecular complexity index is 1070. The molecule has 8 nitrogen and oxygen atoms in total. The van der Waals surface area contributed by atoms with Crippen LogP contribution in [0, 0.1) is 10.1 Å². The third-order valence-corrected chi connectivity index (χ3v) is 4.49. The molecule has 3 aromatic rings. The summed E-state index contributed by atoms with van der Waals surface area (Å²) in [6.07, 6.45) is 1.36. The van der Waals surface area contributed by atoms with E-state index in [0.29, 0.717) is 26.8 Å². The molecule has 0 atom stereocenters. The number of non-ortho nitro benzene ring substituents is 1. The maximum absolute atomic E-state index is 11.8. The zero-order valence-corrected chi connectivity index (χ0v) is 17.0. The van der Waals surface area contributed by atoms with Crippen molar-refractivity contribution >= 4 is 45.3 Å². The minimum absolute atomic E-state index is 0.0882. The predicted molar refractivity (Wildman–Crippen MR) is 111 cm³/mol. The molecule has 1 N–H and O–H groups in total. The number of hydrazone groups is 1. The number of hydrogen-bond donors (Lipinski definition) is 1. The number of rotatable bonds is 7. The second-order valence-electron chi connectivity index (χ2n) is 5.66. The summed E-state index contributed by atoms with van der Waals surface area (Å²) < 4.78 is 11.3. The Morgan fingerprint density at radius 1 is 1.24 bits per heavy atom. The Morgan fingerprint density at radius 2 is 2.00 bits per heavy atom. The monoisotopic (exact) mass is 477 g/mol. The Hall–Kier alpha value is -3.17. The summed E-state index contributed by atoms with van der Waals surface area (Å²) in [5, 5.41) is 15.2. The average Bonchev–Trinajstić information content (AvgIpc) is 3.16. The summed E-state index contributed by atoms with van der Waals surface area (Å²) in [5.41, 5.74) is 3.08. The molecule has 0 unspecified atom stereocenters. The summed E-state index contributed by atoms with van der Waals surface area (Å²) in [6.45, 7) is -0.318. The number of halogens is 2. The van der Waals surface area contributed by atoms with E-state index in [1.165, 1.54) is 24.4 Å². The number of amides is 1. The van der Waals surface area contributed by atoms with Crippen LogP contribution in [0.5, 0.6) is 5.75 Å². The zero-order chi connectivity index (χ0) is 20.8. The minimum Gasteiger partial charge on any atom is -0.483 e. The van der Waals surface area contributed by atoms with E-state index in [2.05, 4.69) is 26.5 Å². The van der Waals surface area contributed by atoms with Gasteiger partial charge < -0.3 is 9.15 Å². The van der Waals surface area contributed by atoms with Crippen molar-refractivity contribution in [2.45, 2.75) is 0 Å². The highest BCUT2D eigenvalue weighted by Gasteiger charge is 2.11. The van der Waals surface area contributed by atoms with E-state index in [-0.39, 0.29) is 12.3 Å². The maximum atomic E-state index is 11.8. The van der Waals surface area contributed by atoms with Crippen LogP contribution in [0.25, 0.3) is 11.3 Å². The molecule has 0 aliphatic heterocycles. The normalized spacial score (nSPS) is 10.8. The highest BCUT2D eigenvalue weighted by Crippen LogP contribution is 2.29. The molecule has 1 heterocycles. The second-order valence-corrected chi connectivity index (χ2v) is 6.95.